The van der Waals surface area contributed by atoms with Crippen LogP contribution in [0.4, 0.5) is 0 Å². The number of hydrogen-bond donors (Lipinski definition) is 2. The molecule has 148 valence electrons. The Labute approximate surface area is 168 Å². The second-order valence-corrected chi connectivity index (χ2v) is 8.78. The monoisotopic (exact) mass is 389 g/mol. The van der Waals surface area contributed by atoms with Crippen LogP contribution in [0.3, 0.4) is 0 Å². The number of rotatable bonds is 1. The molecule has 0 fully saturated rings. The number of aromatic nitrogens is 1. The standard InChI is InChI=1S/C23H23N3O3/c1-11-5-13-7-14(22(28)26-16(13)6-12(11)2)19-15(10-24)21(25)29-18-9-23(3,4)8-17(27)20(18)19/h5-7,19H,8-9,25H2,1-4H3,(H,26,28). The highest BCUT2D eigenvalue weighted by atomic mass is 16.5. The topological polar surface area (TPSA) is 109 Å². The van der Waals surface area contributed by atoms with Crippen molar-refractivity contribution >= 4 is 16.7 Å². The molecule has 0 amide bonds. The minimum absolute atomic E-state index is 0.0404. The van der Waals surface area contributed by atoms with Gasteiger partial charge in [0.15, 0.2) is 5.78 Å². The quantitative estimate of drug-likeness (QED) is 0.774. The molecule has 2 heterocycles. The molecule has 0 spiro atoms. The first kappa shape index (κ1) is 19.0. The number of ketones is 1. The zero-order valence-corrected chi connectivity index (χ0v) is 17.0. The summed E-state index contributed by atoms with van der Waals surface area (Å²) < 4.78 is 5.70. The summed E-state index contributed by atoms with van der Waals surface area (Å²) in [6.07, 6.45) is 0.849. The number of hydrogen-bond acceptors (Lipinski definition) is 5. The number of Topliss-reactive ketones (excluding diaryl/α,β-unsaturated/α-hetero) is 1. The number of aromatic amines is 1. The summed E-state index contributed by atoms with van der Waals surface area (Å²) >= 11 is 0. The number of nitriles is 1. The summed E-state index contributed by atoms with van der Waals surface area (Å²) in [7, 11) is 0. The number of nitrogens with one attached hydrogen (secondary N) is 1. The maximum atomic E-state index is 13.0. The van der Waals surface area contributed by atoms with Gasteiger partial charge in [-0.05, 0) is 54.0 Å². The Hall–Kier alpha value is -3.33. The van der Waals surface area contributed by atoms with Gasteiger partial charge in [-0.15, -0.1) is 0 Å². The summed E-state index contributed by atoms with van der Waals surface area (Å²) in [5.74, 6) is -0.503. The van der Waals surface area contributed by atoms with Crippen LogP contribution in [0.15, 0.2) is 45.8 Å². The predicted molar refractivity (Wildman–Crippen MR) is 110 cm³/mol. The molecule has 2 aromatic rings. The van der Waals surface area contributed by atoms with Crippen molar-refractivity contribution < 1.29 is 9.53 Å². The molecule has 2 aliphatic rings. The lowest BCUT2D eigenvalue weighted by atomic mass is 9.70. The van der Waals surface area contributed by atoms with Gasteiger partial charge >= 0.3 is 0 Å². The summed E-state index contributed by atoms with van der Waals surface area (Å²) in [5.41, 5.74) is 9.14. The van der Waals surface area contributed by atoms with E-state index in [1.807, 2.05) is 39.8 Å². The first-order valence-corrected chi connectivity index (χ1v) is 9.59. The first-order valence-electron chi connectivity index (χ1n) is 9.59. The van der Waals surface area contributed by atoms with Gasteiger partial charge in [0.25, 0.3) is 5.56 Å². The van der Waals surface area contributed by atoms with Gasteiger partial charge in [0, 0.05) is 29.5 Å². The largest absolute Gasteiger partial charge is 0.444 e. The van der Waals surface area contributed by atoms with Gasteiger partial charge in [-0.1, -0.05) is 13.8 Å². The summed E-state index contributed by atoms with van der Waals surface area (Å²) in [5, 5.41) is 10.6. The van der Waals surface area contributed by atoms with Gasteiger partial charge in [0.2, 0.25) is 5.88 Å². The molecule has 1 aromatic heterocycles. The van der Waals surface area contributed by atoms with Gasteiger partial charge in [-0.2, -0.15) is 5.26 Å². The van der Waals surface area contributed by atoms with E-state index in [4.69, 9.17) is 10.5 Å². The van der Waals surface area contributed by atoms with Gasteiger partial charge in [0.05, 0.1) is 5.92 Å². The molecule has 0 saturated heterocycles. The molecule has 1 aliphatic carbocycles. The zero-order valence-electron chi connectivity index (χ0n) is 17.0. The number of carbonyl (C=O) groups excluding carboxylic acids is 1. The number of H-pyrrole nitrogens is 1. The van der Waals surface area contributed by atoms with E-state index in [1.165, 1.54) is 0 Å². The third kappa shape index (κ3) is 3.03. The van der Waals surface area contributed by atoms with Crippen LogP contribution in [0.5, 0.6) is 0 Å². The number of allylic oxidation sites excluding steroid dienone is 3. The third-order valence-corrected chi connectivity index (χ3v) is 5.87. The van der Waals surface area contributed by atoms with E-state index < -0.39 is 5.92 Å². The van der Waals surface area contributed by atoms with Crippen LogP contribution in [0.25, 0.3) is 10.9 Å². The van der Waals surface area contributed by atoms with Crippen molar-refractivity contribution in [3.63, 3.8) is 0 Å². The first-order chi connectivity index (χ1) is 13.6. The van der Waals surface area contributed by atoms with Crippen molar-refractivity contribution in [2.45, 2.75) is 46.5 Å². The molecule has 6 heteroatoms. The zero-order chi connectivity index (χ0) is 21.1. The van der Waals surface area contributed by atoms with Crippen LogP contribution < -0.4 is 11.3 Å². The molecule has 1 unspecified atom stereocenters. The van der Waals surface area contributed by atoms with Crippen LogP contribution in [0, 0.1) is 30.6 Å². The Morgan fingerprint density at radius 1 is 1.17 bits per heavy atom. The number of nitrogens with two attached hydrogens (primary N) is 1. The molecule has 29 heavy (non-hydrogen) atoms. The van der Waals surface area contributed by atoms with Gasteiger partial charge in [-0.25, -0.2) is 0 Å². The molecule has 3 N–H and O–H groups in total. The minimum Gasteiger partial charge on any atom is -0.444 e. The smallest absolute Gasteiger partial charge is 0.252 e. The molecule has 0 radical (unpaired) electrons. The second-order valence-electron chi connectivity index (χ2n) is 8.78. The van der Waals surface area contributed by atoms with E-state index >= 15 is 0 Å². The molecule has 1 aliphatic heterocycles. The van der Waals surface area contributed by atoms with Crippen molar-refractivity contribution in [3.8, 4) is 6.07 Å². The highest BCUT2D eigenvalue weighted by Crippen LogP contribution is 2.47. The van der Waals surface area contributed by atoms with Gasteiger partial charge in [0.1, 0.15) is 17.4 Å². The lowest BCUT2D eigenvalue weighted by Gasteiger charge is -2.37. The second kappa shape index (κ2) is 6.35. The highest BCUT2D eigenvalue weighted by molar-refractivity contribution is 6.00. The average Bonchev–Trinajstić information content (AvgIpc) is 2.60. The van der Waals surface area contributed by atoms with Crippen molar-refractivity contribution in [3.05, 3.63) is 68.0 Å². The predicted octanol–water partition coefficient (Wildman–Crippen LogP) is 3.60. The van der Waals surface area contributed by atoms with E-state index in [1.54, 1.807) is 6.07 Å². The maximum absolute atomic E-state index is 13.0. The summed E-state index contributed by atoms with van der Waals surface area (Å²) in [6.45, 7) is 7.96. The van der Waals surface area contributed by atoms with Crippen molar-refractivity contribution in [1.82, 2.24) is 4.98 Å². The Morgan fingerprint density at radius 3 is 2.55 bits per heavy atom. The number of benzene rings is 1. The molecule has 6 nitrogen and oxygen atoms in total. The van der Waals surface area contributed by atoms with Crippen LogP contribution in [0.1, 0.15) is 49.3 Å². The molecule has 0 saturated carbocycles. The van der Waals surface area contributed by atoms with E-state index in [0.717, 1.165) is 22.0 Å². The fourth-order valence-corrected chi connectivity index (χ4v) is 4.30. The lowest BCUT2D eigenvalue weighted by molar-refractivity contribution is -0.119. The van der Waals surface area contributed by atoms with Gasteiger partial charge < -0.3 is 15.5 Å². The fourth-order valence-electron chi connectivity index (χ4n) is 4.30. The number of fused-ring (bicyclic) bond motifs is 1. The van der Waals surface area contributed by atoms with Crippen molar-refractivity contribution in [2.24, 2.45) is 11.1 Å². The molecule has 0 bridgehead atoms. The molecule has 1 aromatic carbocycles. The van der Waals surface area contributed by atoms with E-state index in [2.05, 4.69) is 11.1 Å². The molecular formula is C23H23N3O3. The summed E-state index contributed by atoms with van der Waals surface area (Å²) in [6, 6.07) is 7.74. The Kier molecular flexibility index (Phi) is 4.16. The Morgan fingerprint density at radius 2 is 1.86 bits per heavy atom. The Balaban J connectivity index is 1.99. The number of aryl methyl sites for hydroxylation is 2. The number of ether oxygens (including phenoxy) is 1. The molecule has 4 rings (SSSR count). The van der Waals surface area contributed by atoms with E-state index in [9.17, 15) is 14.9 Å². The van der Waals surface area contributed by atoms with E-state index in [0.29, 0.717) is 29.7 Å². The Bertz CT molecular complexity index is 1240. The third-order valence-electron chi connectivity index (χ3n) is 5.87. The number of carbonyl (C=O) groups is 1. The maximum Gasteiger partial charge on any atom is 0.252 e. The molecular weight excluding hydrogens is 366 g/mol. The SMILES string of the molecule is Cc1cc2cc(C3C(C#N)=C(N)OC4=C3C(=O)CC(C)(C)C4)c(=O)[nH]c2cc1C. The van der Waals surface area contributed by atoms with Crippen LogP contribution in [-0.4, -0.2) is 10.8 Å². The number of pyridine rings is 1. The molecule has 1 atom stereocenters. The van der Waals surface area contributed by atoms with Crippen LogP contribution >= 0.6 is 0 Å². The number of nitrogens with zero attached hydrogens (tertiary/aromatic N) is 1. The highest BCUT2D eigenvalue weighted by Gasteiger charge is 2.43. The van der Waals surface area contributed by atoms with Gasteiger partial charge in [-0.3, -0.25) is 9.59 Å². The summed E-state index contributed by atoms with van der Waals surface area (Å²) in [4.78, 5) is 29.0. The fraction of sp³-hybridized carbons (Fsp3) is 0.348. The lowest BCUT2D eigenvalue weighted by Crippen LogP contribution is -2.35. The van der Waals surface area contributed by atoms with Crippen LogP contribution in [-0.2, 0) is 9.53 Å². The van der Waals surface area contributed by atoms with Crippen molar-refractivity contribution in [1.29, 1.82) is 5.26 Å². The minimum atomic E-state index is -0.817. The van der Waals surface area contributed by atoms with Crippen LogP contribution in [0.2, 0.25) is 0 Å². The average molecular weight is 389 g/mol. The van der Waals surface area contributed by atoms with Crippen molar-refractivity contribution in [2.75, 3.05) is 0 Å². The van der Waals surface area contributed by atoms with E-state index in [-0.39, 0.29) is 28.2 Å². The normalized spacial score (nSPS) is 21.1.